The van der Waals surface area contributed by atoms with Crippen molar-refractivity contribution >= 4 is 47.0 Å². The Hall–Kier alpha value is -2.79. The highest BCUT2D eigenvalue weighted by atomic mass is 35.5. The highest BCUT2D eigenvalue weighted by molar-refractivity contribution is 7.97. The van der Waals surface area contributed by atoms with E-state index in [0.717, 1.165) is 53.8 Å². The van der Waals surface area contributed by atoms with Crippen LogP contribution in [0.2, 0.25) is 10.0 Å². The molecular formula is C32H39Cl2N7OS. The molecule has 2 aliphatic rings. The maximum absolute atomic E-state index is 13.9. The van der Waals surface area contributed by atoms with Crippen LogP contribution in [0.25, 0.3) is 11.1 Å². The second-order valence-corrected chi connectivity index (χ2v) is 13.3. The molecule has 3 aromatic carbocycles. The van der Waals surface area contributed by atoms with E-state index in [2.05, 4.69) is 17.1 Å². The zero-order valence-corrected chi connectivity index (χ0v) is 26.6. The summed E-state index contributed by atoms with van der Waals surface area (Å²) in [5.74, 6) is 1.10. The van der Waals surface area contributed by atoms with Crippen LogP contribution < -0.4 is 21.6 Å². The van der Waals surface area contributed by atoms with Crippen LogP contribution in [0.3, 0.4) is 0 Å². The van der Waals surface area contributed by atoms with E-state index < -0.39 is 0 Å². The number of rotatable bonds is 11. The number of amides is 2. The number of hydrazine groups is 1. The summed E-state index contributed by atoms with van der Waals surface area (Å²) in [7, 11) is 0. The van der Waals surface area contributed by atoms with Crippen molar-refractivity contribution in [1.82, 2.24) is 20.1 Å². The third-order valence-corrected chi connectivity index (χ3v) is 9.76. The van der Waals surface area contributed by atoms with Crippen molar-refractivity contribution in [2.75, 3.05) is 19.6 Å². The van der Waals surface area contributed by atoms with Gasteiger partial charge in [-0.15, -0.1) is 0 Å². The van der Waals surface area contributed by atoms with E-state index in [-0.39, 0.29) is 17.5 Å². The minimum Gasteiger partial charge on any atom is -0.384 e. The Morgan fingerprint density at radius 3 is 2.56 bits per heavy atom. The molecule has 2 amide bonds. The maximum Gasteiger partial charge on any atom is 0.335 e. The summed E-state index contributed by atoms with van der Waals surface area (Å²) in [6.45, 7) is 4.81. The highest BCUT2D eigenvalue weighted by Gasteiger charge is 2.47. The smallest absolute Gasteiger partial charge is 0.335 e. The summed E-state index contributed by atoms with van der Waals surface area (Å²) < 4.78 is 0. The van der Waals surface area contributed by atoms with Gasteiger partial charge in [0.05, 0.1) is 12.2 Å². The van der Waals surface area contributed by atoms with Crippen LogP contribution >= 0.6 is 35.1 Å². The summed E-state index contributed by atoms with van der Waals surface area (Å²) >= 11 is 13.9. The van der Waals surface area contributed by atoms with Gasteiger partial charge >= 0.3 is 6.03 Å². The van der Waals surface area contributed by atoms with Gasteiger partial charge in [0, 0.05) is 39.2 Å². The minimum absolute atomic E-state index is 0.00648. The first-order valence-electron chi connectivity index (χ1n) is 14.6. The quantitative estimate of drug-likeness (QED) is 0.0539. The molecule has 0 aromatic heterocycles. The molecular weight excluding hydrogens is 601 g/mol. The Morgan fingerprint density at radius 1 is 1.12 bits per heavy atom. The van der Waals surface area contributed by atoms with E-state index in [0.29, 0.717) is 47.1 Å². The number of urea groups is 1. The first-order valence-corrected chi connectivity index (χ1v) is 16.2. The molecule has 1 heterocycles. The summed E-state index contributed by atoms with van der Waals surface area (Å²) in [4.78, 5) is 20.0. The van der Waals surface area contributed by atoms with Gasteiger partial charge in [0.1, 0.15) is 5.84 Å². The van der Waals surface area contributed by atoms with Crippen molar-refractivity contribution < 1.29 is 4.79 Å². The Bertz CT molecular complexity index is 1470. The fourth-order valence-electron chi connectivity index (χ4n) is 5.50. The van der Waals surface area contributed by atoms with Crippen molar-refractivity contribution in [1.29, 1.82) is 5.41 Å². The lowest BCUT2D eigenvalue weighted by Crippen LogP contribution is -2.50. The van der Waals surface area contributed by atoms with Gasteiger partial charge in [-0.25, -0.2) is 9.80 Å². The molecule has 0 bridgehead atoms. The summed E-state index contributed by atoms with van der Waals surface area (Å²) in [6, 6.07) is 20.8. The van der Waals surface area contributed by atoms with Crippen LogP contribution in [0.15, 0.2) is 71.6 Å². The average molecular weight is 641 g/mol. The first-order chi connectivity index (χ1) is 20.6. The van der Waals surface area contributed by atoms with Gasteiger partial charge in [-0.2, -0.15) is 4.83 Å². The van der Waals surface area contributed by atoms with Crippen molar-refractivity contribution in [3.63, 3.8) is 0 Å². The van der Waals surface area contributed by atoms with Crippen molar-refractivity contribution in [3.8, 4) is 11.1 Å². The van der Waals surface area contributed by atoms with Crippen LogP contribution in [0.5, 0.6) is 0 Å². The first kappa shape index (κ1) is 31.6. The van der Waals surface area contributed by atoms with Crippen LogP contribution in [-0.2, 0) is 6.54 Å². The fraction of sp³-hybridized carbons (Fsp3) is 0.375. The number of nitrogens with one attached hydrogen (secondary N) is 3. The predicted molar refractivity (Wildman–Crippen MR) is 177 cm³/mol. The fourth-order valence-corrected chi connectivity index (χ4v) is 6.71. The number of hydrogen-bond acceptors (Lipinski definition) is 6. The van der Waals surface area contributed by atoms with Gasteiger partial charge in [-0.3, -0.25) is 10.7 Å². The van der Waals surface area contributed by atoms with Crippen LogP contribution in [-0.4, -0.2) is 47.1 Å². The second-order valence-electron chi connectivity index (χ2n) is 11.6. The maximum atomic E-state index is 13.9. The van der Waals surface area contributed by atoms with Gasteiger partial charge in [0.2, 0.25) is 0 Å². The number of nitrogens with two attached hydrogens (primary N) is 2. The predicted octanol–water partition coefficient (Wildman–Crippen LogP) is 6.46. The lowest BCUT2D eigenvalue weighted by Gasteiger charge is -2.36. The molecule has 228 valence electrons. The minimum atomic E-state index is -0.180. The number of amidine groups is 1. The number of benzene rings is 3. The third-order valence-electron chi connectivity index (χ3n) is 8.41. The molecule has 0 radical (unpaired) electrons. The number of carbonyl (C=O) groups is 1. The molecule has 0 spiro atoms. The van der Waals surface area contributed by atoms with Crippen molar-refractivity contribution in [2.45, 2.75) is 49.7 Å². The molecule has 1 saturated heterocycles. The molecule has 1 saturated carbocycles. The molecule has 11 heteroatoms. The summed E-state index contributed by atoms with van der Waals surface area (Å²) in [5, 5.41) is 14.1. The normalized spacial score (nSPS) is 20.2. The van der Waals surface area contributed by atoms with E-state index in [4.69, 9.17) is 40.1 Å². The Morgan fingerprint density at radius 2 is 1.86 bits per heavy atom. The molecule has 43 heavy (non-hydrogen) atoms. The Kier molecular flexibility index (Phi) is 10.2. The SMILES string of the molecule is CC1CC1(N)NCCC1CCN(C(=O)N(Cc2cccc(C(=N)N)c2)NSc2cccc(-c3ccc(Cl)cc3Cl)c2)CC1. The molecule has 2 fully saturated rings. The molecule has 1 aliphatic carbocycles. The van der Waals surface area contributed by atoms with Crippen LogP contribution in [0.1, 0.15) is 43.7 Å². The molecule has 1 aliphatic heterocycles. The second kappa shape index (κ2) is 13.9. The van der Waals surface area contributed by atoms with Crippen molar-refractivity contribution in [2.24, 2.45) is 23.3 Å². The van der Waals surface area contributed by atoms with Gasteiger partial charge in [-0.1, -0.05) is 66.5 Å². The van der Waals surface area contributed by atoms with Gasteiger partial charge in [-0.05, 0) is 97.5 Å². The topological polar surface area (TPSA) is 124 Å². The number of likely N-dealkylation sites (tertiary alicyclic amines) is 1. The number of hydrogen-bond donors (Lipinski definition) is 5. The summed E-state index contributed by atoms with van der Waals surface area (Å²) in [5.41, 5.74) is 15.2. The summed E-state index contributed by atoms with van der Waals surface area (Å²) in [6.07, 6.45) is 4.03. The molecule has 5 rings (SSSR count). The molecule has 8 nitrogen and oxygen atoms in total. The van der Waals surface area contributed by atoms with Crippen molar-refractivity contribution in [3.05, 3.63) is 87.9 Å². The van der Waals surface area contributed by atoms with E-state index in [1.54, 1.807) is 17.1 Å². The average Bonchev–Trinajstić information content (AvgIpc) is 3.60. The monoisotopic (exact) mass is 639 g/mol. The molecule has 2 unspecified atom stereocenters. The lowest BCUT2D eigenvalue weighted by molar-refractivity contribution is 0.122. The van der Waals surface area contributed by atoms with Gasteiger partial charge < -0.3 is 16.4 Å². The number of piperidine rings is 1. The highest BCUT2D eigenvalue weighted by Crippen LogP contribution is 2.37. The molecule has 7 N–H and O–H groups in total. The molecule has 3 aromatic rings. The Balaban J connectivity index is 1.25. The standard InChI is InChI=1S/C32H39Cl2N7OS/c1-21-19-32(21,37)38-13-10-22-11-14-40(15-12-22)31(42)41(20-23-4-2-6-25(16-23)30(35)36)39-43-27-7-3-5-24(17-27)28-9-8-26(33)18-29(28)34/h2-9,16-18,21-22,38-39H,10-15,19-20,37H2,1H3,(H3,35,36). The van der Waals surface area contributed by atoms with Gasteiger partial charge in [0.25, 0.3) is 0 Å². The van der Waals surface area contributed by atoms with Crippen LogP contribution in [0.4, 0.5) is 4.79 Å². The largest absolute Gasteiger partial charge is 0.384 e. The lowest BCUT2D eigenvalue weighted by atomic mass is 9.93. The van der Waals surface area contributed by atoms with E-state index >= 15 is 0 Å². The number of halogens is 2. The number of carbonyl (C=O) groups excluding carboxylic acids is 1. The van der Waals surface area contributed by atoms with E-state index in [1.165, 1.54) is 11.9 Å². The third kappa shape index (κ3) is 8.23. The number of nitrogen functional groups attached to an aromatic ring is 1. The van der Waals surface area contributed by atoms with E-state index in [1.807, 2.05) is 59.5 Å². The Labute approximate surface area is 268 Å². The van der Waals surface area contributed by atoms with Gasteiger partial charge in [0.15, 0.2) is 0 Å². The zero-order chi connectivity index (χ0) is 30.6. The zero-order valence-electron chi connectivity index (χ0n) is 24.3. The number of nitrogens with zero attached hydrogens (tertiary/aromatic N) is 2. The van der Waals surface area contributed by atoms with Crippen LogP contribution in [0, 0.1) is 17.2 Å². The van der Waals surface area contributed by atoms with E-state index in [9.17, 15) is 4.79 Å². The molecule has 2 atom stereocenters.